The van der Waals surface area contributed by atoms with Crippen LogP contribution in [0.4, 0.5) is 6.01 Å². The molecule has 2 N–H and O–H groups in total. The van der Waals surface area contributed by atoms with Gasteiger partial charge in [-0.2, -0.15) is 0 Å². The number of rotatable bonds is 2. The van der Waals surface area contributed by atoms with E-state index >= 15 is 0 Å². The molecule has 3 heteroatoms. The third kappa shape index (κ3) is 0.924. The smallest absolute Gasteiger partial charge is 0.292 e. The molecule has 0 aliphatic heterocycles. The average molecular weight is 166 g/mol. The molecule has 0 saturated heterocycles. The van der Waals surface area contributed by atoms with Crippen LogP contribution in [-0.2, 0) is 5.41 Å². The highest BCUT2D eigenvalue weighted by Crippen LogP contribution is 2.46. The van der Waals surface area contributed by atoms with Crippen molar-refractivity contribution < 1.29 is 4.42 Å². The number of nitrogens with zero attached hydrogens (tertiary/aromatic N) is 1. The molecule has 12 heavy (non-hydrogen) atoms. The lowest BCUT2D eigenvalue weighted by Gasteiger charge is -2.38. The molecular formula is C9H14N2O. The highest BCUT2D eigenvalue weighted by molar-refractivity contribution is 5.20. The SMILES string of the molecule is CCC1(c2cnc(N)o2)CCC1. The summed E-state index contributed by atoms with van der Waals surface area (Å²) in [4.78, 5) is 3.92. The summed E-state index contributed by atoms with van der Waals surface area (Å²) < 4.78 is 5.35. The molecule has 0 aromatic carbocycles. The number of anilines is 1. The zero-order valence-electron chi connectivity index (χ0n) is 7.34. The highest BCUT2D eigenvalue weighted by atomic mass is 16.4. The van der Waals surface area contributed by atoms with Crippen LogP contribution >= 0.6 is 0 Å². The van der Waals surface area contributed by atoms with Crippen LogP contribution in [0.3, 0.4) is 0 Å². The fourth-order valence-corrected chi connectivity index (χ4v) is 1.91. The molecule has 0 bridgehead atoms. The van der Waals surface area contributed by atoms with Crippen molar-refractivity contribution in [3.8, 4) is 0 Å². The summed E-state index contributed by atoms with van der Waals surface area (Å²) in [5.74, 6) is 0.980. The molecule has 0 spiro atoms. The van der Waals surface area contributed by atoms with Gasteiger partial charge in [-0.15, -0.1) is 0 Å². The largest absolute Gasteiger partial charge is 0.428 e. The Bertz CT molecular complexity index is 270. The fourth-order valence-electron chi connectivity index (χ4n) is 1.91. The van der Waals surface area contributed by atoms with Crippen molar-refractivity contribution in [3.63, 3.8) is 0 Å². The van der Waals surface area contributed by atoms with Gasteiger partial charge >= 0.3 is 0 Å². The Hall–Kier alpha value is -0.990. The predicted molar refractivity (Wildman–Crippen MR) is 46.7 cm³/mol. The zero-order valence-corrected chi connectivity index (χ0v) is 7.34. The Kier molecular flexibility index (Phi) is 1.60. The minimum absolute atomic E-state index is 0.268. The Balaban J connectivity index is 2.27. The molecule has 0 unspecified atom stereocenters. The fraction of sp³-hybridized carbons (Fsp3) is 0.667. The van der Waals surface area contributed by atoms with Crippen molar-refractivity contribution >= 4 is 6.01 Å². The van der Waals surface area contributed by atoms with Crippen LogP contribution in [0.1, 0.15) is 38.4 Å². The van der Waals surface area contributed by atoms with E-state index in [1.807, 2.05) is 0 Å². The Morgan fingerprint density at radius 3 is 2.75 bits per heavy atom. The van der Waals surface area contributed by atoms with E-state index in [1.54, 1.807) is 6.20 Å². The van der Waals surface area contributed by atoms with E-state index in [9.17, 15) is 0 Å². The molecule has 1 aromatic heterocycles. The van der Waals surface area contributed by atoms with Crippen molar-refractivity contribution in [2.75, 3.05) is 5.73 Å². The first kappa shape index (κ1) is 7.65. The number of hydrogen-bond acceptors (Lipinski definition) is 3. The third-order valence-electron chi connectivity index (χ3n) is 3.03. The van der Waals surface area contributed by atoms with E-state index < -0.39 is 0 Å². The second-order valence-electron chi connectivity index (χ2n) is 3.55. The maximum atomic E-state index is 5.43. The quantitative estimate of drug-likeness (QED) is 0.731. The van der Waals surface area contributed by atoms with E-state index in [1.165, 1.54) is 19.3 Å². The van der Waals surface area contributed by atoms with Gasteiger partial charge in [-0.25, -0.2) is 4.98 Å². The van der Waals surface area contributed by atoms with Crippen molar-refractivity contribution in [1.82, 2.24) is 4.98 Å². The number of nitrogens with two attached hydrogens (primary N) is 1. The summed E-state index contributed by atoms with van der Waals surface area (Å²) in [6.07, 6.45) is 6.64. The number of oxazole rings is 1. The zero-order chi connectivity index (χ0) is 8.60. The van der Waals surface area contributed by atoms with Gasteiger partial charge in [0.15, 0.2) is 0 Å². The summed E-state index contributed by atoms with van der Waals surface area (Å²) in [5, 5.41) is 0. The molecule has 1 fully saturated rings. The van der Waals surface area contributed by atoms with Crippen molar-refractivity contribution in [2.45, 2.75) is 38.0 Å². The molecule has 1 aliphatic carbocycles. The van der Waals surface area contributed by atoms with Gasteiger partial charge in [0.1, 0.15) is 5.76 Å². The summed E-state index contributed by atoms with van der Waals surface area (Å²) in [6, 6.07) is 0.296. The van der Waals surface area contributed by atoms with Gasteiger partial charge in [-0.05, 0) is 19.3 Å². The summed E-state index contributed by atoms with van der Waals surface area (Å²) in [7, 11) is 0. The molecule has 3 nitrogen and oxygen atoms in total. The maximum Gasteiger partial charge on any atom is 0.292 e. The minimum atomic E-state index is 0.268. The molecule has 1 heterocycles. The Labute approximate surface area is 72.0 Å². The molecule has 0 amide bonds. The van der Waals surface area contributed by atoms with Gasteiger partial charge < -0.3 is 10.2 Å². The van der Waals surface area contributed by atoms with Gasteiger partial charge in [0.25, 0.3) is 6.01 Å². The maximum absolute atomic E-state index is 5.43. The van der Waals surface area contributed by atoms with Gasteiger partial charge in [-0.1, -0.05) is 13.3 Å². The number of hydrogen-bond donors (Lipinski definition) is 1. The summed E-state index contributed by atoms with van der Waals surface area (Å²) in [6.45, 7) is 2.19. The standard InChI is InChI=1S/C9H14N2O/c1-2-9(4-3-5-9)7-6-11-8(10)12-7/h6H,2-5H2,1H3,(H2,10,11). The topological polar surface area (TPSA) is 52.0 Å². The van der Waals surface area contributed by atoms with Crippen molar-refractivity contribution in [3.05, 3.63) is 12.0 Å². The van der Waals surface area contributed by atoms with Crippen LogP contribution in [0.2, 0.25) is 0 Å². The van der Waals surface area contributed by atoms with Crippen LogP contribution in [0.5, 0.6) is 0 Å². The Morgan fingerprint density at radius 1 is 1.67 bits per heavy atom. The van der Waals surface area contributed by atoms with Crippen LogP contribution in [0.25, 0.3) is 0 Å². The lowest BCUT2D eigenvalue weighted by molar-refractivity contribution is 0.194. The molecular weight excluding hydrogens is 152 g/mol. The van der Waals surface area contributed by atoms with Crippen molar-refractivity contribution in [1.29, 1.82) is 0 Å². The van der Waals surface area contributed by atoms with Gasteiger partial charge in [0.05, 0.1) is 6.20 Å². The summed E-state index contributed by atoms with van der Waals surface area (Å²) >= 11 is 0. The first-order valence-electron chi connectivity index (χ1n) is 4.49. The monoisotopic (exact) mass is 166 g/mol. The normalized spacial score (nSPS) is 20.4. The lowest BCUT2D eigenvalue weighted by atomic mass is 9.66. The number of aromatic nitrogens is 1. The second kappa shape index (κ2) is 2.51. The van der Waals surface area contributed by atoms with Crippen molar-refractivity contribution in [2.24, 2.45) is 0 Å². The molecule has 2 rings (SSSR count). The third-order valence-corrected chi connectivity index (χ3v) is 3.03. The van der Waals surface area contributed by atoms with E-state index in [2.05, 4.69) is 11.9 Å². The predicted octanol–water partition coefficient (Wildman–Crippen LogP) is 2.09. The molecule has 0 atom stereocenters. The van der Waals surface area contributed by atoms with E-state index in [4.69, 9.17) is 10.2 Å². The minimum Gasteiger partial charge on any atom is -0.428 e. The molecule has 1 aliphatic rings. The van der Waals surface area contributed by atoms with Crippen LogP contribution in [-0.4, -0.2) is 4.98 Å². The molecule has 0 radical (unpaired) electrons. The Morgan fingerprint density at radius 2 is 2.42 bits per heavy atom. The summed E-state index contributed by atoms with van der Waals surface area (Å²) in [5.41, 5.74) is 5.70. The van der Waals surface area contributed by atoms with E-state index in [0.717, 1.165) is 12.2 Å². The lowest BCUT2D eigenvalue weighted by Crippen LogP contribution is -2.32. The average Bonchev–Trinajstić information content (AvgIpc) is 2.35. The molecule has 1 saturated carbocycles. The first-order chi connectivity index (χ1) is 5.77. The molecule has 66 valence electrons. The van der Waals surface area contributed by atoms with E-state index in [-0.39, 0.29) is 5.41 Å². The van der Waals surface area contributed by atoms with Crippen LogP contribution in [0.15, 0.2) is 10.6 Å². The highest BCUT2D eigenvalue weighted by Gasteiger charge is 2.39. The van der Waals surface area contributed by atoms with Gasteiger partial charge in [-0.3, -0.25) is 0 Å². The second-order valence-corrected chi connectivity index (χ2v) is 3.55. The van der Waals surface area contributed by atoms with Gasteiger partial charge in [0.2, 0.25) is 0 Å². The number of nitrogen functional groups attached to an aromatic ring is 1. The van der Waals surface area contributed by atoms with Gasteiger partial charge in [0, 0.05) is 5.41 Å². The van der Waals surface area contributed by atoms with Crippen LogP contribution < -0.4 is 5.73 Å². The van der Waals surface area contributed by atoms with E-state index in [0.29, 0.717) is 6.01 Å². The first-order valence-corrected chi connectivity index (χ1v) is 4.49. The van der Waals surface area contributed by atoms with Crippen LogP contribution in [0, 0.1) is 0 Å². The molecule has 1 aromatic rings.